The summed E-state index contributed by atoms with van der Waals surface area (Å²) in [6, 6.07) is 0. The van der Waals surface area contributed by atoms with Gasteiger partial charge in [-0.3, -0.25) is 14.4 Å². The van der Waals surface area contributed by atoms with E-state index in [2.05, 4.69) is 19.1 Å². The van der Waals surface area contributed by atoms with Gasteiger partial charge in [0.05, 0.1) is 43.9 Å². The fourth-order valence-electron chi connectivity index (χ4n) is 5.67. The molecule has 0 saturated heterocycles. The number of allylic oxidation sites excluding steroid dienone is 2. The molecule has 3 N–H and O–H groups in total. The minimum Gasteiger partial charge on any atom is -0.481 e. The predicted molar refractivity (Wildman–Crippen MR) is 177 cm³/mol. The van der Waals surface area contributed by atoms with E-state index in [1.807, 2.05) is 0 Å². The van der Waals surface area contributed by atoms with Crippen molar-refractivity contribution in [3.63, 3.8) is 0 Å². The fourth-order valence-corrected chi connectivity index (χ4v) is 5.67. The van der Waals surface area contributed by atoms with Crippen molar-refractivity contribution >= 4 is 17.9 Å². The van der Waals surface area contributed by atoms with Gasteiger partial charge >= 0.3 is 17.9 Å². The van der Waals surface area contributed by atoms with Crippen molar-refractivity contribution < 1.29 is 34.2 Å². The first-order valence-electron chi connectivity index (χ1n) is 17.7. The monoisotopic (exact) mass is 611 g/mol. The van der Waals surface area contributed by atoms with E-state index in [0.29, 0.717) is 43.4 Å². The molecular weight excluding hydrogens is 542 g/mol. The first kappa shape index (κ1) is 41.1. The Morgan fingerprint density at radius 3 is 1.12 bits per heavy atom. The summed E-state index contributed by atoms with van der Waals surface area (Å²) in [7, 11) is 0. The van der Waals surface area contributed by atoms with Crippen molar-refractivity contribution in [2.75, 3.05) is 26.2 Å². The maximum Gasteiger partial charge on any atom is 0.306 e. The summed E-state index contributed by atoms with van der Waals surface area (Å²) in [5, 5.41) is 28.3. The SMILES string of the molecule is CCCCCCCCC/C=C/CCCCCCCCCC[N+](CCC(C)C(=O)O)(CCC(C)C(=O)O)CCC(C)C(=O)O. The molecule has 0 aromatic heterocycles. The maximum absolute atomic E-state index is 11.5. The van der Waals surface area contributed by atoms with Crippen LogP contribution >= 0.6 is 0 Å². The van der Waals surface area contributed by atoms with Gasteiger partial charge in [0.1, 0.15) is 0 Å². The second kappa shape index (κ2) is 26.5. The highest BCUT2D eigenvalue weighted by atomic mass is 16.4. The second-order valence-corrected chi connectivity index (χ2v) is 13.3. The number of unbranched alkanes of at least 4 members (excludes halogenated alkanes) is 15. The van der Waals surface area contributed by atoms with Gasteiger partial charge in [0.15, 0.2) is 0 Å². The Balaban J connectivity index is 4.47. The van der Waals surface area contributed by atoms with E-state index < -0.39 is 35.7 Å². The maximum atomic E-state index is 11.5. The highest BCUT2D eigenvalue weighted by molar-refractivity contribution is 5.70. The molecule has 0 bridgehead atoms. The lowest BCUT2D eigenvalue weighted by Gasteiger charge is -2.40. The second-order valence-electron chi connectivity index (χ2n) is 13.3. The molecule has 7 nitrogen and oxygen atoms in total. The largest absolute Gasteiger partial charge is 0.481 e. The van der Waals surface area contributed by atoms with E-state index in [-0.39, 0.29) is 0 Å². The third-order valence-electron chi connectivity index (χ3n) is 9.27. The molecule has 7 heteroatoms. The first-order valence-corrected chi connectivity index (χ1v) is 17.7. The minimum atomic E-state index is -0.824. The van der Waals surface area contributed by atoms with Crippen molar-refractivity contribution in [2.45, 2.75) is 156 Å². The molecule has 0 aromatic rings. The van der Waals surface area contributed by atoms with E-state index in [9.17, 15) is 29.7 Å². The lowest BCUT2D eigenvalue weighted by molar-refractivity contribution is -0.929. The van der Waals surface area contributed by atoms with Gasteiger partial charge < -0.3 is 19.8 Å². The Kier molecular flexibility index (Phi) is 25.3. The molecule has 0 saturated carbocycles. The molecule has 0 radical (unpaired) electrons. The number of hydrogen-bond donors (Lipinski definition) is 3. The highest BCUT2D eigenvalue weighted by Gasteiger charge is 2.31. The lowest BCUT2D eigenvalue weighted by Crippen LogP contribution is -2.52. The number of hydrogen-bond acceptors (Lipinski definition) is 3. The molecule has 3 atom stereocenters. The van der Waals surface area contributed by atoms with Crippen LogP contribution in [0.1, 0.15) is 156 Å². The molecule has 0 aliphatic rings. The summed E-state index contributed by atoms with van der Waals surface area (Å²) in [5.41, 5.74) is 0. The van der Waals surface area contributed by atoms with Gasteiger partial charge in [-0.05, 0) is 38.5 Å². The number of carboxylic acid groups (broad SMARTS) is 3. The summed E-state index contributed by atoms with van der Waals surface area (Å²) < 4.78 is 0.610. The van der Waals surface area contributed by atoms with Gasteiger partial charge in [-0.15, -0.1) is 0 Å². The zero-order chi connectivity index (χ0) is 32.3. The van der Waals surface area contributed by atoms with Crippen molar-refractivity contribution in [3.05, 3.63) is 12.2 Å². The summed E-state index contributed by atoms with van der Waals surface area (Å²) in [4.78, 5) is 34.5. The van der Waals surface area contributed by atoms with Gasteiger partial charge in [0.25, 0.3) is 0 Å². The third-order valence-corrected chi connectivity index (χ3v) is 9.27. The van der Waals surface area contributed by atoms with E-state index in [1.165, 1.54) is 96.3 Å². The van der Waals surface area contributed by atoms with Crippen LogP contribution in [0.25, 0.3) is 0 Å². The van der Waals surface area contributed by atoms with Crippen LogP contribution in [0.15, 0.2) is 12.2 Å². The predicted octanol–water partition coefficient (Wildman–Crippen LogP) is 9.34. The Morgan fingerprint density at radius 2 is 0.791 bits per heavy atom. The topological polar surface area (TPSA) is 112 Å². The molecule has 0 rings (SSSR count). The zero-order valence-electron chi connectivity index (χ0n) is 28.4. The molecule has 0 aliphatic heterocycles. The van der Waals surface area contributed by atoms with Gasteiger partial charge in [0, 0.05) is 19.3 Å². The smallest absolute Gasteiger partial charge is 0.306 e. The molecule has 0 aromatic carbocycles. The van der Waals surface area contributed by atoms with E-state index in [4.69, 9.17) is 0 Å². The van der Waals surface area contributed by atoms with Crippen LogP contribution < -0.4 is 0 Å². The molecule has 3 unspecified atom stereocenters. The standard InChI is InChI=1S/C36H67NO6/c1-5-6-7-8-9-10-11-12-13-14-15-16-17-18-19-20-21-22-23-27-37(28-24-31(2)34(38)39,29-25-32(3)35(40)41)30-26-33(4)36(42)43/h13-14,31-33H,5-12,15-30H2,1-4H3,(H2-,38,39,40,41,42,43)/p+1/b14-13+. The van der Waals surface area contributed by atoms with E-state index >= 15 is 0 Å². The van der Waals surface area contributed by atoms with Gasteiger partial charge in [-0.2, -0.15) is 0 Å². The molecular formula is C36H68NO6+. The van der Waals surface area contributed by atoms with Crippen LogP contribution in [0, 0.1) is 17.8 Å². The van der Waals surface area contributed by atoms with Crippen LogP contribution in [-0.2, 0) is 14.4 Å². The van der Waals surface area contributed by atoms with Crippen LogP contribution in [0.4, 0.5) is 0 Å². The van der Waals surface area contributed by atoms with E-state index in [1.54, 1.807) is 20.8 Å². The first-order chi connectivity index (χ1) is 20.5. The quantitative estimate of drug-likeness (QED) is 0.0410. The summed E-state index contributed by atoms with van der Waals surface area (Å²) in [6.45, 7) is 10.2. The normalized spacial score (nSPS) is 15.3. The number of nitrogens with zero attached hydrogens (tertiary/aromatic N) is 1. The lowest BCUT2D eigenvalue weighted by atomic mass is 10.0. The minimum absolute atomic E-state index is 0.480. The number of aliphatic carboxylic acids is 3. The van der Waals surface area contributed by atoms with Crippen molar-refractivity contribution in [2.24, 2.45) is 17.8 Å². The number of quaternary nitrogens is 1. The molecule has 0 heterocycles. The number of carbonyl (C=O) groups is 3. The van der Waals surface area contributed by atoms with Gasteiger partial charge in [-0.1, -0.05) is 110 Å². The van der Waals surface area contributed by atoms with Crippen LogP contribution in [0.2, 0.25) is 0 Å². The Bertz CT molecular complexity index is 692. The molecule has 43 heavy (non-hydrogen) atoms. The third kappa shape index (κ3) is 23.2. The summed E-state index contributed by atoms with van der Waals surface area (Å²) in [5.74, 6) is -3.91. The highest BCUT2D eigenvalue weighted by Crippen LogP contribution is 2.22. The van der Waals surface area contributed by atoms with Crippen molar-refractivity contribution in [1.82, 2.24) is 0 Å². The fraction of sp³-hybridized carbons (Fsp3) is 0.861. The van der Waals surface area contributed by atoms with Crippen molar-refractivity contribution in [1.29, 1.82) is 0 Å². The summed E-state index contributed by atoms with van der Waals surface area (Å²) >= 11 is 0. The zero-order valence-corrected chi connectivity index (χ0v) is 28.4. The van der Waals surface area contributed by atoms with Crippen LogP contribution in [-0.4, -0.2) is 63.9 Å². The van der Waals surface area contributed by atoms with E-state index in [0.717, 1.165) is 19.4 Å². The number of carboxylic acids is 3. The molecule has 0 fully saturated rings. The molecule has 0 spiro atoms. The van der Waals surface area contributed by atoms with Gasteiger partial charge in [-0.25, -0.2) is 0 Å². The average Bonchev–Trinajstić information content (AvgIpc) is 2.97. The summed E-state index contributed by atoms with van der Waals surface area (Å²) in [6.07, 6.45) is 27.8. The van der Waals surface area contributed by atoms with Gasteiger partial charge in [0.2, 0.25) is 0 Å². The Hall–Kier alpha value is -1.89. The molecule has 0 amide bonds. The number of rotatable bonds is 31. The van der Waals surface area contributed by atoms with Crippen LogP contribution in [0.3, 0.4) is 0 Å². The van der Waals surface area contributed by atoms with Crippen molar-refractivity contribution in [3.8, 4) is 0 Å². The van der Waals surface area contributed by atoms with Crippen LogP contribution in [0.5, 0.6) is 0 Å². The molecule has 252 valence electrons. The Morgan fingerprint density at radius 1 is 0.488 bits per heavy atom. The Labute approximate surface area is 264 Å². The molecule has 0 aliphatic carbocycles. The average molecular weight is 611 g/mol.